The van der Waals surface area contributed by atoms with Crippen molar-refractivity contribution in [3.8, 4) is 11.5 Å². The molecule has 1 aromatic heterocycles. The van der Waals surface area contributed by atoms with Crippen molar-refractivity contribution in [1.29, 1.82) is 0 Å². The van der Waals surface area contributed by atoms with Gasteiger partial charge in [0.1, 0.15) is 11.5 Å². The third-order valence-corrected chi connectivity index (χ3v) is 3.17. The Bertz CT molecular complexity index is 720. The van der Waals surface area contributed by atoms with Crippen molar-refractivity contribution in [3.05, 3.63) is 66.4 Å². The van der Waals surface area contributed by atoms with Crippen molar-refractivity contribution in [3.63, 3.8) is 0 Å². The Kier molecular flexibility index (Phi) is 3.61. The lowest BCUT2D eigenvalue weighted by Gasteiger charge is -2.12. The smallest absolute Gasteiger partial charge is 0.138 e. The van der Waals surface area contributed by atoms with Gasteiger partial charge in [-0.3, -0.25) is 4.98 Å². The third-order valence-electron chi connectivity index (χ3n) is 3.17. The highest BCUT2D eigenvalue weighted by Crippen LogP contribution is 2.30. The third kappa shape index (κ3) is 2.49. The maximum atomic E-state index is 6.10. The Morgan fingerprint density at radius 2 is 1.75 bits per heavy atom. The molecule has 0 spiro atoms. The molecule has 3 aromatic rings. The second-order valence-electron chi connectivity index (χ2n) is 4.57. The van der Waals surface area contributed by atoms with Crippen LogP contribution in [0.4, 0.5) is 0 Å². The number of rotatable bonds is 4. The maximum Gasteiger partial charge on any atom is 0.138 e. The van der Waals surface area contributed by atoms with Crippen molar-refractivity contribution < 1.29 is 4.74 Å². The van der Waals surface area contributed by atoms with Crippen LogP contribution in [0.1, 0.15) is 5.56 Å². The molecule has 0 fully saturated rings. The first-order valence-corrected chi connectivity index (χ1v) is 6.62. The van der Waals surface area contributed by atoms with Crippen molar-refractivity contribution in [2.45, 2.75) is 6.54 Å². The zero-order valence-electron chi connectivity index (χ0n) is 11.3. The van der Waals surface area contributed by atoms with Gasteiger partial charge in [0.15, 0.2) is 0 Å². The minimum Gasteiger partial charge on any atom is -0.456 e. The number of pyridine rings is 1. The fourth-order valence-electron chi connectivity index (χ4n) is 2.22. The van der Waals surface area contributed by atoms with Crippen LogP contribution in [0.5, 0.6) is 11.5 Å². The minimum absolute atomic E-state index is 0.777. The average Bonchev–Trinajstić information content (AvgIpc) is 2.50. The van der Waals surface area contributed by atoms with Crippen LogP contribution in [0.15, 0.2) is 60.8 Å². The Morgan fingerprint density at radius 1 is 0.950 bits per heavy atom. The molecule has 0 aliphatic rings. The summed E-state index contributed by atoms with van der Waals surface area (Å²) in [7, 11) is 1.93. The van der Waals surface area contributed by atoms with Gasteiger partial charge in [0, 0.05) is 23.7 Å². The average molecular weight is 264 g/mol. The first-order chi connectivity index (χ1) is 9.88. The number of aromatic nitrogens is 1. The van der Waals surface area contributed by atoms with Crippen LogP contribution in [0.3, 0.4) is 0 Å². The number of hydrogen-bond acceptors (Lipinski definition) is 3. The molecule has 0 unspecified atom stereocenters. The predicted molar refractivity (Wildman–Crippen MR) is 81.0 cm³/mol. The van der Waals surface area contributed by atoms with E-state index >= 15 is 0 Å². The van der Waals surface area contributed by atoms with E-state index in [1.165, 1.54) is 0 Å². The van der Waals surface area contributed by atoms with Gasteiger partial charge in [-0.05, 0) is 31.3 Å². The highest BCUT2D eigenvalue weighted by molar-refractivity contribution is 5.84. The fourth-order valence-corrected chi connectivity index (χ4v) is 2.22. The summed E-state index contributed by atoms with van der Waals surface area (Å²) in [6, 6.07) is 17.9. The highest BCUT2D eigenvalue weighted by atomic mass is 16.5. The van der Waals surface area contributed by atoms with Crippen LogP contribution in [-0.2, 0) is 6.54 Å². The van der Waals surface area contributed by atoms with E-state index in [1.807, 2.05) is 55.6 Å². The van der Waals surface area contributed by atoms with Crippen molar-refractivity contribution in [1.82, 2.24) is 10.3 Å². The molecule has 0 radical (unpaired) electrons. The Hall–Kier alpha value is -2.39. The molecular weight excluding hydrogens is 248 g/mol. The summed E-state index contributed by atoms with van der Waals surface area (Å²) in [5.41, 5.74) is 2.08. The normalized spacial score (nSPS) is 10.7. The summed E-state index contributed by atoms with van der Waals surface area (Å²) in [4.78, 5) is 4.35. The zero-order valence-corrected chi connectivity index (χ0v) is 11.3. The molecule has 20 heavy (non-hydrogen) atoms. The second kappa shape index (κ2) is 5.72. The Balaban J connectivity index is 2.01. The van der Waals surface area contributed by atoms with Crippen molar-refractivity contribution in [2.75, 3.05) is 7.05 Å². The van der Waals surface area contributed by atoms with E-state index in [-0.39, 0.29) is 0 Å². The van der Waals surface area contributed by atoms with Gasteiger partial charge in [-0.2, -0.15) is 0 Å². The van der Waals surface area contributed by atoms with Gasteiger partial charge in [-0.1, -0.05) is 30.3 Å². The maximum absolute atomic E-state index is 6.10. The summed E-state index contributed by atoms with van der Waals surface area (Å²) < 4.78 is 6.10. The largest absolute Gasteiger partial charge is 0.456 e. The van der Waals surface area contributed by atoms with Crippen LogP contribution in [0.25, 0.3) is 10.9 Å². The number of nitrogens with one attached hydrogen (secondary N) is 1. The zero-order chi connectivity index (χ0) is 13.8. The topological polar surface area (TPSA) is 34.1 Å². The van der Waals surface area contributed by atoms with Gasteiger partial charge in [0.05, 0.1) is 5.52 Å². The van der Waals surface area contributed by atoms with Crippen molar-refractivity contribution in [2.24, 2.45) is 0 Å². The quantitative estimate of drug-likeness (QED) is 0.779. The van der Waals surface area contributed by atoms with Crippen LogP contribution >= 0.6 is 0 Å². The molecule has 0 aliphatic heterocycles. The Morgan fingerprint density at radius 3 is 2.65 bits per heavy atom. The van der Waals surface area contributed by atoms with Gasteiger partial charge >= 0.3 is 0 Å². The van der Waals surface area contributed by atoms with Gasteiger partial charge in [0.25, 0.3) is 0 Å². The molecule has 3 nitrogen and oxygen atoms in total. The second-order valence-corrected chi connectivity index (χ2v) is 4.57. The summed E-state index contributed by atoms with van der Waals surface area (Å²) in [6.45, 7) is 0.777. The van der Waals surface area contributed by atoms with E-state index in [4.69, 9.17) is 4.74 Å². The minimum atomic E-state index is 0.777. The van der Waals surface area contributed by atoms with Crippen LogP contribution in [-0.4, -0.2) is 12.0 Å². The van der Waals surface area contributed by atoms with Crippen LogP contribution < -0.4 is 10.1 Å². The standard InChI is InChI=1S/C17H16N2O/c1-18-12-13-6-2-5-9-16(13)20-17-10-11-19-15-8-4-3-7-14(15)17/h2-11,18H,12H2,1H3. The van der Waals surface area contributed by atoms with Crippen LogP contribution in [0.2, 0.25) is 0 Å². The molecule has 0 saturated heterocycles. The first-order valence-electron chi connectivity index (χ1n) is 6.62. The summed E-state index contributed by atoms with van der Waals surface area (Å²) in [6.07, 6.45) is 1.78. The van der Waals surface area contributed by atoms with Gasteiger partial charge < -0.3 is 10.1 Å². The lowest BCUT2D eigenvalue weighted by molar-refractivity contribution is 0.479. The molecule has 3 heteroatoms. The molecule has 2 aromatic carbocycles. The summed E-state index contributed by atoms with van der Waals surface area (Å²) >= 11 is 0. The molecule has 0 aliphatic carbocycles. The molecule has 1 heterocycles. The predicted octanol–water partition coefficient (Wildman–Crippen LogP) is 3.75. The number of benzene rings is 2. The number of nitrogens with zero attached hydrogens (tertiary/aromatic N) is 1. The molecule has 0 saturated carbocycles. The Labute approximate surface area is 118 Å². The number of ether oxygens (including phenoxy) is 1. The molecule has 0 amide bonds. The van der Waals surface area contributed by atoms with E-state index in [0.29, 0.717) is 0 Å². The summed E-state index contributed by atoms with van der Waals surface area (Å²) in [5, 5.41) is 4.18. The van der Waals surface area contributed by atoms with E-state index in [2.05, 4.69) is 16.4 Å². The monoisotopic (exact) mass is 264 g/mol. The van der Waals surface area contributed by atoms with E-state index in [0.717, 1.165) is 34.5 Å². The molecule has 0 atom stereocenters. The van der Waals surface area contributed by atoms with Gasteiger partial charge in [-0.15, -0.1) is 0 Å². The number of fused-ring (bicyclic) bond motifs is 1. The van der Waals surface area contributed by atoms with Gasteiger partial charge in [0.2, 0.25) is 0 Å². The van der Waals surface area contributed by atoms with E-state index in [9.17, 15) is 0 Å². The van der Waals surface area contributed by atoms with E-state index < -0.39 is 0 Å². The van der Waals surface area contributed by atoms with Gasteiger partial charge in [-0.25, -0.2) is 0 Å². The highest BCUT2D eigenvalue weighted by Gasteiger charge is 2.07. The summed E-state index contributed by atoms with van der Waals surface area (Å²) in [5.74, 6) is 1.71. The first kappa shape index (κ1) is 12.6. The molecule has 0 bridgehead atoms. The number of para-hydroxylation sites is 2. The van der Waals surface area contributed by atoms with Crippen molar-refractivity contribution >= 4 is 10.9 Å². The SMILES string of the molecule is CNCc1ccccc1Oc1ccnc2ccccc12. The lowest BCUT2D eigenvalue weighted by Crippen LogP contribution is -2.06. The molecule has 1 N–H and O–H groups in total. The van der Waals surface area contributed by atoms with Crippen LogP contribution in [0, 0.1) is 0 Å². The molecule has 3 rings (SSSR count). The van der Waals surface area contributed by atoms with E-state index in [1.54, 1.807) is 6.20 Å². The molecule has 100 valence electrons. The number of hydrogen-bond donors (Lipinski definition) is 1. The lowest BCUT2D eigenvalue weighted by atomic mass is 10.2. The molecular formula is C17H16N2O. The fraction of sp³-hybridized carbons (Fsp3) is 0.118.